The molecule has 0 aromatic heterocycles. The normalized spacial score (nSPS) is 11.8. The van der Waals surface area contributed by atoms with Gasteiger partial charge in [0.25, 0.3) is 0 Å². The van der Waals surface area contributed by atoms with E-state index in [0.29, 0.717) is 12.8 Å². The first-order chi connectivity index (χ1) is 15.9. The highest BCUT2D eigenvalue weighted by Crippen LogP contribution is 2.11. The summed E-state index contributed by atoms with van der Waals surface area (Å²) in [6, 6.07) is 40.7. The van der Waals surface area contributed by atoms with Crippen LogP contribution in [0.2, 0.25) is 0 Å². The van der Waals surface area contributed by atoms with E-state index in [-0.39, 0.29) is 0 Å². The standard InChI is InChI=1S/C28H26N4/c1-5-13-23(14-6-1)21-27(31-29-25-17-9-3-10-18-25)28(22-24-15-7-2-8-16-24)32-30-26-19-11-4-12-20-26/h1-20,29-30H,21-22H2/b31-27+,32-28+. The highest BCUT2D eigenvalue weighted by atomic mass is 15.3. The SMILES string of the molecule is c1ccc(CC(=N\Nc2ccccc2)/C(Cc2ccccc2)=N/Nc2ccccc2)cc1. The first kappa shape index (κ1) is 21.1. The molecular formula is C28H26N4. The monoisotopic (exact) mass is 418 g/mol. The third-order valence-corrected chi connectivity index (χ3v) is 4.95. The van der Waals surface area contributed by atoms with Crippen molar-refractivity contribution in [2.75, 3.05) is 10.9 Å². The molecule has 4 rings (SSSR count). The Labute approximate surface area is 189 Å². The quantitative estimate of drug-likeness (QED) is 0.244. The second-order valence-electron chi connectivity index (χ2n) is 7.40. The Bertz CT molecular complexity index is 1040. The Balaban J connectivity index is 1.68. The molecule has 0 amide bonds. The molecule has 4 aromatic carbocycles. The number of hydrazone groups is 2. The lowest BCUT2D eigenvalue weighted by Gasteiger charge is -2.13. The van der Waals surface area contributed by atoms with Gasteiger partial charge < -0.3 is 0 Å². The van der Waals surface area contributed by atoms with Crippen molar-refractivity contribution in [1.29, 1.82) is 0 Å². The van der Waals surface area contributed by atoms with Gasteiger partial charge in [0, 0.05) is 12.8 Å². The van der Waals surface area contributed by atoms with Crippen molar-refractivity contribution < 1.29 is 0 Å². The number of nitrogens with zero attached hydrogens (tertiary/aromatic N) is 2. The van der Waals surface area contributed by atoms with E-state index in [1.165, 1.54) is 11.1 Å². The molecule has 2 N–H and O–H groups in total. The van der Waals surface area contributed by atoms with Gasteiger partial charge in [0.1, 0.15) is 0 Å². The minimum Gasteiger partial charge on any atom is -0.278 e. The van der Waals surface area contributed by atoms with Gasteiger partial charge >= 0.3 is 0 Å². The van der Waals surface area contributed by atoms with Crippen LogP contribution in [0.4, 0.5) is 11.4 Å². The van der Waals surface area contributed by atoms with Gasteiger partial charge in [-0.3, -0.25) is 10.9 Å². The Morgan fingerprint density at radius 2 is 0.750 bits per heavy atom. The number of hydrogen-bond donors (Lipinski definition) is 2. The van der Waals surface area contributed by atoms with E-state index < -0.39 is 0 Å². The fraction of sp³-hybridized carbons (Fsp3) is 0.0714. The van der Waals surface area contributed by atoms with Gasteiger partial charge in [0.2, 0.25) is 0 Å². The molecule has 0 spiro atoms. The molecule has 0 heterocycles. The number of hydrogen-bond acceptors (Lipinski definition) is 4. The molecular weight excluding hydrogens is 392 g/mol. The summed E-state index contributed by atoms with van der Waals surface area (Å²) in [5.41, 5.74) is 12.4. The van der Waals surface area contributed by atoms with Crippen LogP contribution >= 0.6 is 0 Å². The molecule has 32 heavy (non-hydrogen) atoms. The van der Waals surface area contributed by atoms with Crippen molar-refractivity contribution in [3.8, 4) is 0 Å². The number of anilines is 2. The fourth-order valence-electron chi connectivity index (χ4n) is 3.28. The van der Waals surface area contributed by atoms with E-state index in [2.05, 4.69) is 35.1 Å². The molecule has 0 bridgehead atoms. The summed E-state index contributed by atoms with van der Waals surface area (Å²) < 4.78 is 0. The van der Waals surface area contributed by atoms with E-state index >= 15 is 0 Å². The van der Waals surface area contributed by atoms with Gasteiger partial charge in [-0.25, -0.2) is 0 Å². The summed E-state index contributed by atoms with van der Waals surface area (Å²) in [5, 5.41) is 9.59. The third-order valence-electron chi connectivity index (χ3n) is 4.95. The van der Waals surface area contributed by atoms with Crippen LogP contribution in [-0.4, -0.2) is 11.4 Å². The molecule has 0 aliphatic heterocycles. The van der Waals surface area contributed by atoms with Crippen LogP contribution in [0.5, 0.6) is 0 Å². The molecule has 158 valence electrons. The summed E-state index contributed by atoms with van der Waals surface area (Å²) in [6.07, 6.45) is 1.34. The topological polar surface area (TPSA) is 48.8 Å². The Hall–Kier alpha value is -4.18. The zero-order valence-electron chi connectivity index (χ0n) is 17.9. The van der Waals surface area contributed by atoms with Crippen molar-refractivity contribution in [1.82, 2.24) is 0 Å². The first-order valence-electron chi connectivity index (χ1n) is 10.7. The molecule has 4 nitrogen and oxygen atoms in total. The predicted octanol–water partition coefficient (Wildman–Crippen LogP) is 6.41. The number of para-hydroxylation sites is 2. The molecule has 4 aromatic rings. The predicted molar refractivity (Wildman–Crippen MR) is 135 cm³/mol. The third kappa shape index (κ3) is 6.41. The zero-order chi connectivity index (χ0) is 21.8. The second-order valence-corrected chi connectivity index (χ2v) is 7.40. The molecule has 0 radical (unpaired) electrons. The van der Waals surface area contributed by atoms with Gasteiger partial charge in [-0.15, -0.1) is 0 Å². The maximum absolute atomic E-state index is 4.79. The number of benzene rings is 4. The van der Waals surface area contributed by atoms with Crippen LogP contribution in [-0.2, 0) is 12.8 Å². The van der Waals surface area contributed by atoms with E-state index in [1.54, 1.807) is 0 Å². The molecule has 0 saturated carbocycles. The van der Waals surface area contributed by atoms with Crippen molar-refractivity contribution >= 4 is 22.8 Å². The highest BCUT2D eigenvalue weighted by Gasteiger charge is 2.13. The summed E-state index contributed by atoms with van der Waals surface area (Å²) in [6.45, 7) is 0. The Morgan fingerprint density at radius 3 is 1.09 bits per heavy atom. The average Bonchev–Trinajstić information content (AvgIpc) is 2.87. The number of nitrogens with one attached hydrogen (secondary N) is 2. The summed E-state index contributed by atoms with van der Waals surface area (Å²) >= 11 is 0. The lowest BCUT2D eigenvalue weighted by molar-refractivity contribution is 1.22. The van der Waals surface area contributed by atoms with Crippen molar-refractivity contribution in [3.05, 3.63) is 132 Å². The molecule has 0 aliphatic rings. The average molecular weight is 419 g/mol. The summed E-state index contributed by atoms with van der Waals surface area (Å²) in [5.74, 6) is 0. The minimum atomic E-state index is 0.669. The Morgan fingerprint density at radius 1 is 0.438 bits per heavy atom. The molecule has 0 fully saturated rings. The highest BCUT2D eigenvalue weighted by molar-refractivity contribution is 6.43. The van der Waals surface area contributed by atoms with E-state index in [9.17, 15) is 0 Å². The van der Waals surface area contributed by atoms with Gasteiger partial charge in [-0.2, -0.15) is 10.2 Å². The maximum atomic E-state index is 4.79. The van der Waals surface area contributed by atoms with Crippen molar-refractivity contribution in [3.63, 3.8) is 0 Å². The molecule has 4 heteroatoms. The first-order valence-corrected chi connectivity index (χ1v) is 10.7. The summed E-state index contributed by atoms with van der Waals surface area (Å²) in [7, 11) is 0. The molecule has 0 unspecified atom stereocenters. The van der Waals surface area contributed by atoms with Crippen molar-refractivity contribution in [2.24, 2.45) is 10.2 Å². The Kier molecular flexibility index (Phi) is 7.42. The van der Waals surface area contributed by atoms with Crippen LogP contribution < -0.4 is 10.9 Å². The lowest BCUT2D eigenvalue weighted by Crippen LogP contribution is -2.22. The number of rotatable bonds is 9. The second kappa shape index (κ2) is 11.3. The van der Waals surface area contributed by atoms with Gasteiger partial charge in [0.05, 0.1) is 22.8 Å². The summed E-state index contributed by atoms with van der Waals surface area (Å²) in [4.78, 5) is 0. The van der Waals surface area contributed by atoms with E-state index in [1.807, 2.05) is 97.1 Å². The van der Waals surface area contributed by atoms with Crippen LogP contribution in [0.25, 0.3) is 0 Å². The minimum absolute atomic E-state index is 0.669. The lowest BCUT2D eigenvalue weighted by atomic mass is 10.00. The fourth-order valence-corrected chi connectivity index (χ4v) is 3.28. The van der Waals surface area contributed by atoms with E-state index in [4.69, 9.17) is 10.2 Å². The van der Waals surface area contributed by atoms with Gasteiger partial charge in [0.15, 0.2) is 0 Å². The van der Waals surface area contributed by atoms with Crippen LogP contribution in [0.15, 0.2) is 132 Å². The van der Waals surface area contributed by atoms with Crippen molar-refractivity contribution in [2.45, 2.75) is 12.8 Å². The molecule has 0 saturated heterocycles. The largest absolute Gasteiger partial charge is 0.278 e. The molecule has 0 aliphatic carbocycles. The van der Waals surface area contributed by atoms with Crippen LogP contribution in [0.3, 0.4) is 0 Å². The van der Waals surface area contributed by atoms with E-state index in [0.717, 1.165) is 22.8 Å². The van der Waals surface area contributed by atoms with Crippen LogP contribution in [0.1, 0.15) is 11.1 Å². The zero-order valence-corrected chi connectivity index (χ0v) is 17.9. The van der Waals surface area contributed by atoms with Gasteiger partial charge in [-0.1, -0.05) is 97.1 Å². The van der Waals surface area contributed by atoms with Gasteiger partial charge in [-0.05, 0) is 35.4 Å². The maximum Gasteiger partial charge on any atom is 0.0886 e. The van der Waals surface area contributed by atoms with Crippen LogP contribution in [0, 0.1) is 0 Å². The molecule has 0 atom stereocenters. The smallest absolute Gasteiger partial charge is 0.0886 e.